The number of rotatable bonds is 14. The van der Waals surface area contributed by atoms with Gasteiger partial charge in [0.25, 0.3) is 17.7 Å². The molecule has 0 saturated heterocycles. The number of hydrogen-bond donors (Lipinski definition) is 8. The Labute approximate surface area is 277 Å². The fourth-order valence-corrected chi connectivity index (χ4v) is 6.07. The van der Waals surface area contributed by atoms with Crippen LogP contribution >= 0.6 is 11.6 Å². The second-order valence-electron chi connectivity index (χ2n) is 10.3. The molecule has 0 spiro atoms. The van der Waals surface area contributed by atoms with Gasteiger partial charge in [0.2, 0.25) is 6.41 Å². The molecule has 15 nitrogen and oxygen atoms in total. The highest BCUT2D eigenvalue weighted by Crippen LogP contribution is 2.30. The van der Waals surface area contributed by atoms with Crippen molar-refractivity contribution < 1.29 is 28.9 Å². The smallest absolute Gasteiger partial charge is 0.274 e. The van der Waals surface area contributed by atoms with Crippen LogP contribution in [0.4, 0.5) is 11.4 Å². The van der Waals surface area contributed by atoms with Crippen molar-refractivity contribution >= 4 is 64.1 Å². The van der Waals surface area contributed by atoms with Crippen molar-refractivity contribution in [1.29, 1.82) is 0 Å². The number of alkyl halides is 1. The van der Waals surface area contributed by atoms with Crippen molar-refractivity contribution in [2.24, 2.45) is 10.9 Å². The summed E-state index contributed by atoms with van der Waals surface area (Å²) in [5.41, 5.74) is 12.1. The molecule has 1 unspecified atom stereocenters. The van der Waals surface area contributed by atoms with Gasteiger partial charge in [0, 0.05) is 48.2 Å². The highest BCUT2D eigenvalue weighted by atomic mass is 35.5. The van der Waals surface area contributed by atoms with Gasteiger partial charge in [0.1, 0.15) is 28.7 Å². The van der Waals surface area contributed by atoms with E-state index < -0.39 is 28.9 Å². The van der Waals surface area contributed by atoms with Gasteiger partial charge < -0.3 is 41.4 Å². The van der Waals surface area contributed by atoms with Gasteiger partial charge in [-0.25, -0.2) is 0 Å². The van der Waals surface area contributed by atoms with E-state index in [4.69, 9.17) is 22.5 Å². The number of halogens is 1. The minimum absolute atomic E-state index is 0.0228. The fraction of sp³-hybridized carbons (Fsp3) is 0.233. The summed E-state index contributed by atoms with van der Waals surface area (Å²) in [4.78, 5) is 57.0. The Bertz CT molecular complexity index is 1810. The predicted octanol–water partition coefficient (Wildman–Crippen LogP) is 3.15. The summed E-state index contributed by atoms with van der Waals surface area (Å²) in [6, 6.07) is 7.03. The molecule has 0 radical (unpaired) electrons. The topological polar surface area (TPSA) is 235 Å². The van der Waals surface area contributed by atoms with Gasteiger partial charge >= 0.3 is 0 Å². The van der Waals surface area contributed by atoms with E-state index >= 15 is 0 Å². The number of oxime groups is 1. The second-order valence-corrected chi connectivity index (χ2v) is 12.3. The van der Waals surface area contributed by atoms with Crippen LogP contribution in [0.1, 0.15) is 54.6 Å². The number of anilines is 2. The van der Waals surface area contributed by atoms with Gasteiger partial charge in [-0.05, 0) is 67.3 Å². The fourth-order valence-electron chi connectivity index (χ4n) is 4.83. The molecular weight excluding hydrogens is 650 g/mol. The predicted molar refractivity (Wildman–Crippen MR) is 179 cm³/mol. The molecule has 9 N–H and O–H groups in total. The Hall–Kier alpha value is -5.19. The van der Waals surface area contributed by atoms with Gasteiger partial charge in [-0.2, -0.15) is 0 Å². The lowest BCUT2D eigenvalue weighted by Gasteiger charge is -2.10. The molecule has 3 heterocycles. The molecule has 4 aromatic rings. The van der Waals surface area contributed by atoms with Crippen LogP contribution in [0.2, 0.25) is 0 Å². The monoisotopic (exact) mass is 683 g/mol. The van der Waals surface area contributed by atoms with E-state index in [9.17, 15) is 23.7 Å². The quantitative estimate of drug-likeness (QED) is 0.0188. The lowest BCUT2D eigenvalue weighted by atomic mass is 10.0. The number of nitrogens with two attached hydrogens (primary N) is 1. The van der Waals surface area contributed by atoms with Crippen LogP contribution in [0.3, 0.4) is 0 Å². The number of benzene rings is 1. The van der Waals surface area contributed by atoms with Crippen LogP contribution in [0.15, 0.2) is 52.9 Å². The van der Waals surface area contributed by atoms with Crippen LogP contribution in [0, 0.1) is 20.8 Å². The number of carbonyl (C=O) groups excluding carboxylic acids is 4. The summed E-state index contributed by atoms with van der Waals surface area (Å²) < 4.78 is 13.6. The minimum Gasteiger partial charge on any atom is -0.611 e. The van der Waals surface area contributed by atoms with Crippen LogP contribution in [-0.2, 0) is 16.0 Å². The largest absolute Gasteiger partial charge is 0.611 e. The molecule has 0 aliphatic carbocycles. The maximum Gasteiger partial charge on any atom is 0.274 e. The molecular formula is C30H34ClN9O6S. The van der Waals surface area contributed by atoms with E-state index in [1.807, 2.05) is 0 Å². The Morgan fingerprint density at radius 2 is 1.60 bits per heavy atom. The number of hydrogen-bond acceptors (Lipinski definition) is 7. The van der Waals surface area contributed by atoms with E-state index in [-0.39, 0.29) is 41.8 Å². The number of H-pyrrole nitrogens is 2. The summed E-state index contributed by atoms with van der Waals surface area (Å²) in [6.45, 7) is 5.20. The maximum atomic E-state index is 13.5. The van der Waals surface area contributed by atoms with Crippen LogP contribution in [-0.4, -0.2) is 72.5 Å². The van der Waals surface area contributed by atoms with Crippen molar-refractivity contribution in [2.75, 3.05) is 34.2 Å². The third-order valence-electron chi connectivity index (χ3n) is 7.38. The Kier molecular flexibility index (Phi) is 11.4. The lowest BCUT2D eigenvalue weighted by molar-refractivity contribution is -0.106. The number of aromatic amines is 2. The standard InChI is InChI=1S/C30H34ClN9O6S/c1-16-21(19-4-6-20(7-5-19)47(46)11-9-31)14-40(36-15-41)27(16)30(44)38-23-13-35-26(18(23)3)29(43)37-22-12-34-25(17(22)2)28(42)33-10-8-24(32)39-45/h4-7,12-15,34-35,45H,8-11H2,1-3H3,(H2,32,39)(H,33,42)(H,36,41)(H,37,43)(H,38,44). The van der Waals surface area contributed by atoms with E-state index in [2.05, 4.69) is 36.5 Å². The molecule has 47 heavy (non-hydrogen) atoms. The van der Waals surface area contributed by atoms with Crippen molar-refractivity contribution in [2.45, 2.75) is 32.1 Å². The maximum absolute atomic E-state index is 13.5. The first-order valence-corrected chi connectivity index (χ1v) is 16.1. The molecule has 0 aliphatic heterocycles. The molecule has 3 aromatic heterocycles. The van der Waals surface area contributed by atoms with E-state index in [1.165, 1.54) is 17.1 Å². The second kappa shape index (κ2) is 15.4. The van der Waals surface area contributed by atoms with Crippen molar-refractivity contribution in [3.8, 4) is 11.1 Å². The first-order valence-electron chi connectivity index (χ1n) is 14.2. The number of amides is 4. The van der Waals surface area contributed by atoms with Gasteiger partial charge in [-0.3, -0.25) is 29.3 Å². The first kappa shape index (κ1) is 34.7. The summed E-state index contributed by atoms with van der Waals surface area (Å²) in [7, 11) is 0. The number of nitrogens with zero attached hydrogens (tertiary/aromatic N) is 2. The Morgan fingerprint density at radius 3 is 2.17 bits per heavy atom. The molecule has 4 rings (SSSR count). The molecule has 1 atom stereocenters. The Balaban J connectivity index is 1.49. The molecule has 0 saturated carbocycles. The molecule has 1 aromatic carbocycles. The summed E-state index contributed by atoms with van der Waals surface area (Å²) in [6.07, 6.45) is 5.17. The SMILES string of the molecule is Cc1c(NC(=O)c2[nH]cc(NC(=O)c3c(C)c(-c4ccc([S+]([O-])CCCl)cc4)cn3NC=O)c2C)c[nH]c1C(=O)NCCC(N)=NO. The lowest BCUT2D eigenvalue weighted by Crippen LogP contribution is -2.28. The summed E-state index contributed by atoms with van der Waals surface area (Å²) in [5, 5.41) is 19.7. The summed E-state index contributed by atoms with van der Waals surface area (Å²) >= 11 is 4.49. The first-order chi connectivity index (χ1) is 22.5. The van der Waals surface area contributed by atoms with E-state index in [1.54, 1.807) is 51.2 Å². The van der Waals surface area contributed by atoms with Crippen LogP contribution < -0.4 is 27.1 Å². The van der Waals surface area contributed by atoms with Crippen molar-refractivity contribution in [3.05, 3.63) is 76.6 Å². The average molecular weight is 684 g/mol. The number of nitrogens with one attached hydrogen (secondary N) is 6. The number of aromatic nitrogens is 3. The van der Waals surface area contributed by atoms with Gasteiger partial charge in [-0.15, -0.1) is 11.6 Å². The third-order valence-corrected chi connectivity index (χ3v) is 9.17. The zero-order valence-corrected chi connectivity index (χ0v) is 27.3. The molecule has 0 aliphatic rings. The van der Waals surface area contributed by atoms with Crippen LogP contribution in [0.5, 0.6) is 0 Å². The zero-order valence-electron chi connectivity index (χ0n) is 25.7. The third kappa shape index (κ3) is 7.79. The normalized spacial score (nSPS) is 12.0. The van der Waals surface area contributed by atoms with Crippen LogP contribution in [0.25, 0.3) is 11.1 Å². The molecule has 17 heteroatoms. The molecule has 0 fully saturated rings. The van der Waals surface area contributed by atoms with Crippen molar-refractivity contribution in [1.82, 2.24) is 20.0 Å². The van der Waals surface area contributed by atoms with Gasteiger partial charge in [0.15, 0.2) is 4.90 Å². The van der Waals surface area contributed by atoms with Gasteiger partial charge in [0.05, 0.1) is 17.3 Å². The minimum atomic E-state index is -1.23. The average Bonchev–Trinajstić information content (AvgIpc) is 3.71. The molecule has 4 amide bonds. The number of carbonyl (C=O) groups is 4. The Morgan fingerprint density at radius 1 is 1.00 bits per heavy atom. The van der Waals surface area contributed by atoms with E-state index in [0.717, 1.165) is 5.56 Å². The molecule has 248 valence electrons. The number of amidine groups is 1. The highest BCUT2D eigenvalue weighted by molar-refractivity contribution is 7.91. The highest BCUT2D eigenvalue weighted by Gasteiger charge is 2.24. The van der Waals surface area contributed by atoms with E-state index in [0.29, 0.717) is 50.7 Å². The zero-order chi connectivity index (χ0) is 34.2. The van der Waals surface area contributed by atoms with Gasteiger partial charge in [-0.1, -0.05) is 5.16 Å². The molecule has 0 bridgehead atoms. The van der Waals surface area contributed by atoms with Crippen molar-refractivity contribution in [3.63, 3.8) is 0 Å². The summed E-state index contributed by atoms with van der Waals surface area (Å²) in [5.74, 6) is -0.903.